The molecule has 30 heavy (non-hydrogen) atoms. The molecular weight excluding hydrogens is 382 g/mol. The third kappa shape index (κ3) is 4.68. The number of fused-ring (bicyclic) bond motifs is 1. The molecule has 3 aromatic rings. The number of amides is 2. The lowest BCUT2D eigenvalue weighted by Crippen LogP contribution is -2.34. The number of nitrogens with one attached hydrogen (secondary N) is 2. The standard InChI is InChI=1S/C23H25N3O4/c1-15(2)25-21(27)11-12-24-22(28)20-14-26(16-7-6-8-17(13-16)30-3)23(29)19-10-5-4-9-18(19)20/h4-10,13-15H,11-12H2,1-3H3,(H,24,28)(H,25,27). The van der Waals surface area contributed by atoms with Gasteiger partial charge in [0.05, 0.1) is 18.4 Å². The number of carbonyl (C=O) groups is 2. The Hall–Kier alpha value is -3.61. The van der Waals surface area contributed by atoms with E-state index in [1.807, 2.05) is 13.8 Å². The summed E-state index contributed by atoms with van der Waals surface area (Å²) in [6.45, 7) is 3.96. The first kappa shape index (κ1) is 21.1. The van der Waals surface area contributed by atoms with Crippen LogP contribution in [-0.2, 0) is 4.79 Å². The Kier molecular flexibility index (Phi) is 6.51. The number of carbonyl (C=O) groups excluding carboxylic acids is 2. The second-order valence-electron chi connectivity index (χ2n) is 7.19. The molecule has 0 fully saturated rings. The molecule has 0 radical (unpaired) electrons. The molecule has 0 aliphatic rings. The summed E-state index contributed by atoms with van der Waals surface area (Å²) in [7, 11) is 1.55. The number of hydrogen-bond donors (Lipinski definition) is 2. The maximum atomic E-state index is 13.0. The van der Waals surface area contributed by atoms with Crippen molar-refractivity contribution in [1.82, 2.24) is 15.2 Å². The maximum absolute atomic E-state index is 13.0. The Morgan fingerprint density at radius 1 is 1.07 bits per heavy atom. The second kappa shape index (κ2) is 9.26. The van der Waals surface area contributed by atoms with Crippen molar-refractivity contribution in [3.05, 3.63) is 70.6 Å². The molecule has 7 heteroatoms. The van der Waals surface area contributed by atoms with Crippen molar-refractivity contribution in [2.24, 2.45) is 0 Å². The van der Waals surface area contributed by atoms with Crippen LogP contribution in [0.5, 0.6) is 5.75 Å². The third-order valence-corrected chi connectivity index (χ3v) is 4.59. The topological polar surface area (TPSA) is 89.4 Å². The van der Waals surface area contributed by atoms with Crippen LogP contribution in [0.15, 0.2) is 59.5 Å². The summed E-state index contributed by atoms with van der Waals surface area (Å²) >= 11 is 0. The van der Waals surface area contributed by atoms with Crippen LogP contribution < -0.4 is 20.9 Å². The Labute approximate surface area is 174 Å². The van der Waals surface area contributed by atoms with Gasteiger partial charge >= 0.3 is 0 Å². The second-order valence-corrected chi connectivity index (χ2v) is 7.19. The summed E-state index contributed by atoms with van der Waals surface area (Å²) < 4.78 is 6.69. The molecule has 0 saturated carbocycles. The van der Waals surface area contributed by atoms with E-state index < -0.39 is 0 Å². The zero-order chi connectivity index (χ0) is 21.7. The van der Waals surface area contributed by atoms with Crippen molar-refractivity contribution in [3.8, 4) is 11.4 Å². The minimum atomic E-state index is -0.347. The number of nitrogens with zero attached hydrogens (tertiary/aromatic N) is 1. The molecule has 0 spiro atoms. The summed E-state index contributed by atoms with van der Waals surface area (Å²) in [6, 6.07) is 14.1. The average Bonchev–Trinajstić information content (AvgIpc) is 2.73. The van der Waals surface area contributed by atoms with Gasteiger partial charge in [0.25, 0.3) is 11.5 Å². The lowest BCUT2D eigenvalue weighted by atomic mass is 10.1. The largest absolute Gasteiger partial charge is 0.497 e. The molecule has 2 amide bonds. The first-order valence-corrected chi connectivity index (χ1v) is 9.77. The zero-order valence-electron chi connectivity index (χ0n) is 17.3. The minimum Gasteiger partial charge on any atom is -0.497 e. The van der Waals surface area contributed by atoms with Crippen molar-refractivity contribution in [1.29, 1.82) is 0 Å². The van der Waals surface area contributed by atoms with Crippen LogP contribution in [-0.4, -0.2) is 36.1 Å². The monoisotopic (exact) mass is 407 g/mol. The molecule has 0 aliphatic heterocycles. The predicted molar refractivity (Wildman–Crippen MR) is 116 cm³/mol. The van der Waals surface area contributed by atoms with Gasteiger partial charge in [0.2, 0.25) is 5.91 Å². The molecule has 1 aromatic heterocycles. The van der Waals surface area contributed by atoms with E-state index in [1.54, 1.807) is 55.6 Å². The minimum absolute atomic E-state index is 0.0450. The zero-order valence-corrected chi connectivity index (χ0v) is 17.3. The molecule has 0 bridgehead atoms. The highest BCUT2D eigenvalue weighted by Crippen LogP contribution is 2.20. The summed E-state index contributed by atoms with van der Waals surface area (Å²) in [5, 5.41) is 6.56. The first-order valence-electron chi connectivity index (χ1n) is 9.77. The van der Waals surface area contributed by atoms with E-state index in [9.17, 15) is 14.4 Å². The highest BCUT2D eigenvalue weighted by Gasteiger charge is 2.16. The molecule has 2 N–H and O–H groups in total. The number of methoxy groups -OCH3 is 1. The highest BCUT2D eigenvalue weighted by atomic mass is 16.5. The molecular formula is C23H25N3O4. The smallest absolute Gasteiger partial charge is 0.262 e. The molecule has 0 saturated heterocycles. The molecule has 0 unspecified atom stereocenters. The van der Waals surface area contributed by atoms with Crippen molar-refractivity contribution in [2.75, 3.05) is 13.7 Å². The molecule has 0 atom stereocenters. The summed E-state index contributed by atoms with van der Waals surface area (Å²) in [5.41, 5.74) is 0.722. The van der Waals surface area contributed by atoms with Gasteiger partial charge in [0.15, 0.2) is 0 Å². The van der Waals surface area contributed by atoms with Gasteiger partial charge in [-0.05, 0) is 32.0 Å². The quantitative estimate of drug-likeness (QED) is 0.630. The molecule has 7 nitrogen and oxygen atoms in total. The van der Waals surface area contributed by atoms with E-state index in [4.69, 9.17) is 4.74 Å². The van der Waals surface area contributed by atoms with Gasteiger partial charge in [-0.15, -0.1) is 0 Å². The number of benzene rings is 2. The first-order chi connectivity index (χ1) is 14.4. The molecule has 0 aliphatic carbocycles. The fraction of sp³-hybridized carbons (Fsp3) is 0.261. The molecule has 1 heterocycles. The normalized spacial score (nSPS) is 10.8. The van der Waals surface area contributed by atoms with Gasteiger partial charge in [-0.3, -0.25) is 19.0 Å². The van der Waals surface area contributed by atoms with Crippen LogP contribution in [0.25, 0.3) is 16.5 Å². The van der Waals surface area contributed by atoms with Gasteiger partial charge in [-0.2, -0.15) is 0 Å². The van der Waals surface area contributed by atoms with Crippen LogP contribution in [0.4, 0.5) is 0 Å². The number of pyridine rings is 1. The number of aromatic nitrogens is 1. The van der Waals surface area contributed by atoms with E-state index in [0.717, 1.165) is 0 Å². The van der Waals surface area contributed by atoms with E-state index in [0.29, 0.717) is 27.8 Å². The van der Waals surface area contributed by atoms with Gasteiger partial charge < -0.3 is 15.4 Å². The molecule has 156 valence electrons. The van der Waals surface area contributed by atoms with Gasteiger partial charge in [-0.1, -0.05) is 24.3 Å². The van der Waals surface area contributed by atoms with Crippen molar-refractivity contribution in [3.63, 3.8) is 0 Å². The van der Waals surface area contributed by atoms with Gasteiger partial charge in [0.1, 0.15) is 5.75 Å². The molecule has 2 aromatic carbocycles. The number of rotatable bonds is 7. The lowest BCUT2D eigenvalue weighted by molar-refractivity contribution is -0.121. The van der Waals surface area contributed by atoms with Crippen molar-refractivity contribution in [2.45, 2.75) is 26.3 Å². The van der Waals surface area contributed by atoms with Crippen LogP contribution in [0.2, 0.25) is 0 Å². The van der Waals surface area contributed by atoms with Crippen molar-refractivity contribution < 1.29 is 14.3 Å². The third-order valence-electron chi connectivity index (χ3n) is 4.59. The van der Waals surface area contributed by atoms with Crippen molar-refractivity contribution >= 4 is 22.6 Å². The van der Waals surface area contributed by atoms with E-state index >= 15 is 0 Å². The number of hydrogen-bond acceptors (Lipinski definition) is 4. The fourth-order valence-electron chi connectivity index (χ4n) is 3.20. The van der Waals surface area contributed by atoms with E-state index in [2.05, 4.69) is 10.6 Å². The van der Waals surface area contributed by atoms with Gasteiger partial charge in [0, 0.05) is 42.0 Å². The molecule has 3 rings (SSSR count). The summed E-state index contributed by atoms with van der Waals surface area (Å²) in [4.78, 5) is 37.8. The summed E-state index contributed by atoms with van der Waals surface area (Å²) in [5.74, 6) is 0.131. The lowest BCUT2D eigenvalue weighted by Gasteiger charge is -2.13. The Morgan fingerprint density at radius 3 is 2.50 bits per heavy atom. The van der Waals surface area contributed by atoms with Crippen LogP contribution in [0.3, 0.4) is 0 Å². The predicted octanol–water partition coefficient (Wildman–Crippen LogP) is 2.64. The average molecular weight is 407 g/mol. The highest BCUT2D eigenvalue weighted by molar-refractivity contribution is 6.06. The Morgan fingerprint density at radius 2 is 1.80 bits per heavy atom. The Balaban J connectivity index is 1.96. The Bertz CT molecular complexity index is 1130. The van der Waals surface area contributed by atoms with Crippen LogP contribution in [0, 0.1) is 0 Å². The maximum Gasteiger partial charge on any atom is 0.262 e. The number of ether oxygens (including phenoxy) is 1. The van der Waals surface area contributed by atoms with Gasteiger partial charge in [-0.25, -0.2) is 0 Å². The van der Waals surface area contributed by atoms with E-state index in [1.165, 1.54) is 10.8 Å². The van der Waals surface area contributed by atoms with Crippen LogP contribution in [0.1, 0.15) is 30.6 Å². The summed E-state index contributed by atoms with van der Waals surface area (Å²) in [6.07, 6.45) is 1.71. The van der Waals surface area contributed by atoms with E-state index in [-0.39, 0.29) is 36.4 Å². The SMILES string of the molecule is COc1cccc(-n2cc(C(=O)NCCC(=O)NC(C)C)c3ccccc3c2=O)c1. The van der Waals surface area contributed by atoms with Crippen LogP contribution >= 0.6 is 0 Å². The fourth-order valence-corrected chi connectivity index (χ4v) is 3.20.